The molecule has 0 spiro atoms. The summed E-state index contributed by atoms with van der Waals surface area (Å²) in [5.74, 6) is 0.476. The third kappa shape index (κ3) is 4.03. The number of thioether (sulfide) groups is 1. The standard InChI is InChI=1S/C15H26N2O2S/c1-10(2)17-11(3)7-13(12(17)4)14(18)16-8-15(5,19)9-20-6/h7,10,19H,8-9H2,1-6H3,(H,16,18). The van der Waals surface area contributed by atoms with E-state index in [0.29, 0.717) is 17.4 Å². The molecule has 0 radical (unpaired) electrons. The SMILES string of the molecule is CSCC(C)(O)CNC(=O)c1cc(C)n(C(C)C)c1C. The Morgan fingerprint density at radius 3 is 2.55 bits per heavy atom. The van der Waals surface area contributed by atoms with Crippen LogP contribution in [0, 0.1) is 13.8 Å². The van der Waals surface area contributed by atoms with Gasteiger partial charge in [-0.25, -0.2) is 0 Å². The van der Waals surface area contributed by atoms with Gasteiger partial charge >= 0.3 is 0 Å². The number of nitrogens with one attached hydrogen (secondary N) is 1. The average Bonchev–Trinajstić information content (AvgIpc) is 2.62. The molecule has 1 unspecified atom stereocenters. The molecule has 1 aromatic rings. The zero-order valence-electron chi connectivity index (χ0n) is 13.3. The maximum Gasteiger partial charge on any atom is 0.253 e. The van der Waals surface area contributed by atoms with Gasteiger partial charge in [0, 0.05) is 29.7 Å². The van der Waals surface area contributed by atoms with E-state index >= 15 is 0 Å². The number of carbonyl (C=O) groups excluding carboxylic acids is 1. The first-order valence-electron chi connectivity index (χ1n) is 6.87. The zero-order chi connectivity index (χ0) is 15.5. The molecule has 0 aromatic carbocycles. The Hall–Kier alpha value is -0.940. The minimum atomic E-state index is -0.876. The largest absolute Gasteiger partial charge is 0.387 e. The van der Waals surface area contributed by atoms with Crippen molar-refractivity contribution in [3.05, 3.63) is 23.0 Å². The van der Waals surface area contributed by atoms with Gasteiger partial charge in [0.25, 0.3) is 5.91 Å². The van der Waals surface area contributed by atoms with Crippen LogP contribution in [0.3, 0.4) is 0 Å². The number of amides is 1. The summed E-state index contributed by atoms with van der Waals surface area (Å²) in [7, 11) is 0. The van der Waals surface area contributed by atoms with Gasteiger partial charge in [0.2, 0.25) is 0 Å². The second-order valence-electron chi connectivity index (χ2n) is 5.86. The summed E-state index contributed by atoms with van der Waals surface area (Å²) in [6.45, 7) is 10.2. The van der Waals surface area contributed by atoms with Crippen molar-refractivity contribution >= 4 is 17.7 Å². The number of aliphatic hydroxyl groups is 1. The van der Waals surface area contributed by atoms with Crippen LogP contribution in [0.2, 0.25) is 0 Å². The Balaban J connectivity index is 2.82. The summed E-state index contributed by atoms with van der Waals surface area (Å²) in [5.41, 5.74) is 1.87. The summed E-state index contributed by atoms with van der Waals surface area (Å²) in [6.07, 6.45) is 1.94. The van der Waals surface area contributed by atoms with Crippen molar-refractivity contribution in [2.75, 3.05) is 18.6 Å². The predicted molar refractivity (Wildman–Crippen MR) is 85.6 cm³/mol. The first-order chi connectivity index (χ1) is 9.19. The van der Waals surface area contributed by atoms with E-state index in [9.17, 15) is 9.90 Å². The molecule has 0 aliphatic heterocycles. The van der Waals surface area contributed by atoms with Gasteiger partial charge in [-0.2, -0.15) is 11.8 Å². The smallest absolute Gasteiger partial charge is 0.253 e. The van der Waals surface area contributed by atoms with Gasteiger partial charge < -0.3 is 15.0 Å². The van der Waals surface area contributed by atoms with Gasteiger partial charge in [-0.15, -0.1) is 0 Å². The Morgan fingerprint density at radius 2 is 2.10 bits per heavy atom. The highest BCUT2D eigenvalue weighted by molar-refractivity contribution is 7.98. The number of aryl methyl sites for hydroxylation is 1. The molecule has 0 aliphatic rings. The van der Waals surface area contributed by atoms with E-state index in [4.69, 9.17) is 0 Å². The molecule has 2 N–H and O–H groups in total. The summed E-state index contributed by atoms with van der Waals surface area (Å²) in [4.78, 5) is 12.3. The van der Waals surface area contributed by atoms with Crippen molar-refractivity contribution in [1.29, 1.82) is 0 Å². The zero-order valence-corrected chi connectivity index (χ0v) is 14.1. The van der Waals surface area contributed by atoms with Gasteiger partial charge in [-0.1, -0.05) is 0 Å². The van der Waals surface area contributed by atoms with Gasteiger partial charge in [0.1, 0.15) is 0 Å². The molecule has 1 heterocycles. The third-order valence-electron chi connectivity index (χ3n) is 3.33. The molecule has 1 aromatic heterocycles. The van der Waals surface area contributed by atoms with Crippen LogP contribution < -0.4 is 5.32 Å². The number of hydrogen-bond acceptors (Lipinski definition) is 3. The van der Waals surface area contributed by atoms with Crippen LogP contribution in [-0.2, 0) is 0 Å². The highest BCUT2D eigenvalue weighted by atomic mass is 32.2. The molecule has 0 fully saturated rings. The van der Waals surface area contributed by atoms with Crippen molar-refractivity contribution in [3.8, 4) is 0 Å². The number of nitrogens with zero attached hydrogens (tertiary/aromatic N) is 1. The Bertz CT molecular complexity index is 478. The van der Waals surface area contributed by atoms with Crippen molar-refractivity contribution < 1.29 is 9.90 Å². The molecule has 0 saturated heterocycles. The highest BCUT2D eigenvalue weighted by Gasteiger charge is 2.22. The molecule has 20 heavy (non-hydrogen) atoms. The quantitative estimate of drug-likeness (QED) is 0.848. The average molecular weight is 298 g/mol. The Kier molecular flexibility index (Phi) is 5.71. The van der Waals surface area contributed by atoms with E-state index in [1.807, 2.05) is 26.2 Å². The first-order valence-corrected chi connectivity index (χ1v) is 8.27. The van der Waals surface area contributed by atoms with Gasteiger partial charge in [-0.05, 0) is 46.9 Å². The summed E-state index contributed by atoms with van der Waals surface area (Å²) in [5, 5.41) is 12.9. The Labute approximate surface area is 125 Å². The van der Waals surface area contributed by atoms with Gasteiger partial charge in [0.15, 0.2) is 0 Å². The topological polar surface area (TPSA) is 54.3 Å². The van der Waals surface area contributed by atoms with E-state index in [-0.39, 0.29) is 12.5 Å². The molecule has 1 atom stereocenters. The summed E-state index contributed by atoms with van der Waals surface area (Å²) in [6, 6.07) is 2.24. The minimum Gasteiger partial charge on any atom is -0.387 e. The number of carbonyl (C=O) groups is 1. The fourth-order valence-corrected chi connectivity index (χ4v) is 3.25. The van der Waals surface area contributed by atoms with Crippen molar-refractivity contribution in [2.24, 2.45) is 0 Å². The lowest BCUT2D eigenvalue weighted by molar-refractivity contribution is 0.0724. The maximum atomic E-state index is 12.3. The van der Waals surface area contributed by atoms with Crippen LogP contribution in [0.15, 0.2) is 6.07 Å². The van der Waals surface area contributed by atoms with Crippen LogP contribution >= 0.6 is 11.8 Å². The normalized spacial score (nSPS) is 14.4. The molecule has 1 amide bonds. The van der Waals surface area contributed by atoms with E-state index < -0.39 is 5.60 Å². The molecule has 4 nitrogen and oxygen atoms in total. The van der Waals surface area contributed by atoms with Gasteiger partial charge in [0.05, 0.1) is 11.2 Å². The predicted octanol–water partition coefficient (Wildman–Crippen LogP) is 2.53. The molecule has 1 rings (SSSR count). The van der Waals surface area contributed by atoms with Crippen LogP contribution in [-0.4, -0.2) is 39.7 Å². The molecular formula is C15H26N2O2S. The van der Waals surface area contributed by atoms with Crippen molar-refractivity contribution in [2.45, 2.75) is 46.3 Å². The third-order valence-corrected chi connectivity index (χ3v) is 4.24. The van der Waals surface area contributed by atoms with E-state index in [2.05, 4.69) is 23.7 Å². The summed E-state index contributed by atoms with van der Waals surface area (Å²) < 4.78 is 2.15. The molecule has 0 aliphatic carbocycles. The van der Waals surface area contributed by atoms with Crippen LogP contribution in [0.25, 0.3) is 0 Å². The number of rotatable bonds is 6. The lowest BCUT2D eigenvalue weighted by Gasteiger charge is -2.22. The number of aromatic nitrogens is 1. The van der Waals surface area contributed by atoms with E-state index in [1.54, 1.807) is 18.7 Å². The second kappa shape index (κ2) is 6.68. The molecular weight excluding hydrogens is 272 g/mol. The molecule has 0 saturated carbocycles. The fraction of sp³-hybridized carbons (Fsp3) is 0.667. The van der Waals surface area contributed by atoms with E-state index in [1.165, 1.54) is 0 Å². The number of hydrogen-bond donors (Lipinski definition) is 2. The van der Waals surface area contributed by atoms with E-state index in [0.717, 1.165) is 11.4 Å². The molecule has 0 bridgehead atoms. The monoisotopic (exact) mass is 298 g/mol. The Morgan fingerprint density at radius 1 is 1.50 bits per heavy atom. The van der Waals surface area contributed by atoms with Crippen LogP contribution in [0.4, 0.5) is 0 Å². The molecule has 114 valence electrons. The lowest BCUT2D eigenvalue weighted by atomic mass is 10.1. The van der Waals surface area contributed by atoms with Gasteiger partial charge in [-0.3, -0.25) is 4.79 Å². The minimum absolute atomic E-state index is 0.119. The van der Waals surface area contributed by atoms with Crippen LogP contribution in [0.5, 0.6) is 0 Å². The summed E-state index contributed by atoms with van der Waals surface area (Å²) >= 11 is 1.56. The first kappa shape index (κ1) is 17.1. The van der Waals surface area contributed by atoms with Crippen molar-refractivity contribution in [1.82, 2.24) is 9.88 Å². The second-order valence-corrected chi connectivity index (χ2v) is 6.73. The molecule has 5 heteroatoms. The fourth-order valence-electron chi connectivity index (χ4n) is 2.53. The van der Waals surface area contributed by atoms with Crippen LogP contribution in [0.1, 0.15) is 48.6 Å². The maximum absolute atomic E-state index is 12.3. The highest BCUT2D eigenvalue weighted by Crippen LogP contribution is 2.20. The van der Waals surface area contributed by atoms with Crippen molar-refractivity contribution in [3.63, 3.8) is 0 Å². The lowest BCUT2D eigenvalue weighted by Crippen LogP contribution is -2.42.